The molecule has 1 unspecified atom stereocenters. The summed E-state index contributed by atoms with van der Waals surface area (Å²) in [4.78, 5) is 16.5. The molecule has 1 heterocycles. The van der Waals surface area contributed by atoms with Crippen LogP contribution in [0.2, 0.25) is 0 Å². The quantitative estimate of drug-likeness (QED) is 0.852. The first kappa shape index (κ1) is 15.5. The Morgan fingerprint density at radius 1 is 1.16 bits per heavy atom. The first-order chi connectivity index (χ1) is 12.1. The van der Waals surface area contributed by atoms with Gasteiger partial charge in [-0.15, -0.1) is 0 Å². The maximum atomic E-state index is 13.2. The number of carbonyl (C=O) groups excluding carboxylic acids is 1. The second-order valence-electron chi connectivity index (χ2n) is 9.14. The Hall–Kier alpha value is -1.77. The lowest BCUT2D eigenvalue weighted by Gasteiger charge is -2.55. The number of hydrogen-bond donors (Lipinski definition) is 2. The molecule has 4 saturated carbocycles. The summed E-state index contributed by atoms with van der Waals surface area (Å²) in [5, 5.41) is 4.66. The highest BCUT2D eigenvalue weighted by molar-refractivity contribution is 5.84. The third kappa shape index (κ3) is 2.59. The predicted octanol–water partition coefficient (Wildman–Crippen LogP) is 4.43. The molecular formula is C22H28N2O. The predicted molar refractivity (Wildman–Crippen MR) is 100 cm³/mol. The SMILES string of the molecule is CC(Cc1c[nH]c2ccccc12)NC(=O)C12CC3CC(CC(C3)C1)C2. The molecule has 0 aliphatic heterocycles. The van der Waals surface area contributed by atoms with Crippen molar-refractivity contribution in [2.45, 2.75) is 57.9 Å². The van der Waals surface area contributed by atoms with E-state index in [-0.39, 0.29) is 11.5 Å². The smallest absolute Gasteiger partial charge is 0.226 e. The zero-order valence-corrected chi connectivity index (χ0v) is 15.1. The lowest BCUT2D eigenvalue weighted by Crippen LogP contribution is -2.55. The molecule has 1 aromatic carbocycles. The molecule has 4 aliphatic carbocycles. The monoisotopic (exact) mass is 336 g/mol. The lowest BCUT2D eigenvalue weighted by atomic mass is 9.49. The third-order valence-corrected chi connectivity index (χ3v) is 7.10. The fourth-order valence-corrected chi connectivity index (χ4v) is 6.45. The number of nitrogens with one attached hydrogen (secondary N) is 2. The molecule has 4 aliphatic rings. The average Bonchev–Trinajstić information content (AvgIpc) is 2.96. The van der Waals surface area contributed by atoms with E-state index in [1.165, 1.54) is 35.7 Å². The highest BCUT2D eigenvalue weighted by Crippen LogP contribution is 2.60. The van der Waals surface area contributed by atoms with Gasteiger partial charge in [-0.25, -0.2) is 0 Å². The number of aromatic amines is 1. The largest absolute Gasteiger partial charge is 0.361 e. The van der Waals surface area contributed by atoms with Crippen LogP contribution in [0.15, 0.2) is 30.5 Å². The summed E-state index contributed by atoms with van der Waals surface area (Å²) in [6.07, 6.45) is 10.6. The summed E-state index contributed by atoms with van der Waals surface area (Å²) < 4.78 is 0. The van der Waals surface area contributed by atoms with Gasteiger partial charge in [-0.3, -0.25) is 4.79 Å². The maximum Gasteiger partial charge on any atom is 0.226 e. The van der Waals surface area contributed by atoms with Gasteiger partial charge < -0.3 is 10.3 Å². The van der Waals surface area contributed by atoms with Crippen LogP contribution in [0.4, 0.5) is 0 Å². The molecular weight excluding hydrogens is 308 g/mol. The Bertz CT molecular complexity index is 770. The molecule has 1 aromatic heterocycles. The minimum atomic E-state index is -0.0385. The van der Waals surface area contributed by atoms with Crippen LogP contribution in [0, 0.1) is 23.2 Å². The average molecular weight is 336 g/mol. The summed E-state index contributed by atoms with van der Waals surface area (Å²) in [6, 6.07) is 8.59. The van der Waals surface area contributed by atoms with E-state index in [9.17, 15) is 4.79 Å². The minimum Gasteiger partial charge on any atom is -0.361 e. The molecule has 4 fully saturated rings. The second-order valence-corrected chi connectivity index (χ2v) is 9.14. The van der Waals surface area contributed by atoms with Crippen molar-refractivity contribution in [2.75, 3.05) is 0 Å². The van der Waals surface area contributed by atoms with Crippen LogP contribution >= 0.6 is 0 Å². The van der Waals surface area contributed by atoms with E-state index >= 15 is 0 Å². The van der Waals surface area contributed by atoms with Crippen LogP contribution in [0.25, 0.3) is 10.9 Å². The fourth-order valence-electron chi connectivity index (χ4n) is 6.45. The van der Waals surface area contributed by atoms with Crippen molar-refractivity contribution in [3.05, 3.63) is 36.0 Å². The first-order valence-electron chi connectivity index (χ1n) is 9.97. The standard InChI is InChI=1S/C22H28N2O/c1-14(6-18-13-23-20-5-3-2-4-19(18)20)24-21(25)22-10-15-7-16(11-22)9-17(8-15)12-22/h2-5,13-17,23H,6-12H2,1H3,(H,24,25). The van der Waals surface area contributed by atoms with E-state index < -0.39 is 0 Å². The van der Waals surface area contributed by atoms with Crippen LogP contribution in [0.5, 0.6) is 0 Å². The van der Waals surface area contributed by atoms with Crippen molar-refractivity contribution in [3.63, 3.8) is 0 Å². The van der Waals surface area contributed by atoms with Gasteiger partial charge in [-0.2, -0.15) is 0 Å². The van der Waals surface area contributed by atoms with Crippen molar-refractivity contribution in [1.82, 2.24) is 10.3 Å². The molecule has 2 N–H and O–H groups in total. The molecule has 0 radical (unpaired) electrons. The Kier molecular flexibility index (Phi) is 3.48. The first-order valence-corrected chi connectivity index (χ1v) is 9.97. The van der Waals surface area contributed by atoms with E-state index in [1.54, 1.807) is 0 Å². The number of benzene rings is 1. The molecule has 25 heavy (non-hydrogen) atoms. The highest BCUT2D eigenvalue weighted by atomic mass is 16.2. The van der Waals surface area contributed by atoms with Gasteiger partial charge in [0.1, 0.15) is 0 Å². The van der Waals surface area contributed by atoms with Crippen LogP contribution in [0.1, 0.15) is 51.0 Å². The summed E-state index contributed by atoms with van der Waals surface area (Å²) >= 11 is 0. The molecule has 0 spiro atoms. The lowest BCUT2D eigenvalue weighted by molar-refractivity contribution is -0.146. The molecule has 6 rings (SSSR count). The van der Waals surface area contributed by atoms with Gasteiger partial charge in [0.25, 0.3) is 0 Å². The minimum absolute atomic E-state index is 0.0385. The topological polar surface area (TPSA) is 44.9 Å². The number of para-hydroxylation sites is 1. The Morgan fingerprint density at radius 3 is 2.48 bits per heavy atom. The molecule has 3 nitrogen and oxygen atoms in total. The summed E-state index contributed by atoms with van der Waals surface area (Å²) in [6.45, 7) is 2.15. The number of rotatable bonds is 4. The molecule has 3 heteroatoms. The summed E-state index contributed by atoms with van der Waals surface area (Å²) in [5.41, 5.74) is 2.44. The van der Waals surface area contributed by atoms with E-state index in [0.717, 1.165) is 43.4 Å². The molecule has 2 aromatic rings. The normalized spacial score (nSPS) is 34.4. The van der Waals surface area contributed by atoms with E-state index in [4.69, 9.17) is 0 Å². The van der Waals surface area contributed by atoms with Crippen molar-refractivity contribution in [1.29, 1.82) is 0 Å². The van der Waals surface area contributed by atoms with Gasteiger partial charge in [0.05, 0.1) is 0 Å². The third-order valence-electron chi connectivity index (χ3n) is 7.10. The van der Waals surface area contributed by atoms with Crippen molar-refractivity contribution < 1.29 is 4.79 Å². The van der Waals surface area contributed by atoms with E-state index in [0.29, 0.717) is 5.91 Å². The maximum absolute atomic E-state index is 13.2. The number of amides is 1. The van der Waals surface area contributed by atoms with Crippen molar-refractivity contribution >= 4 is 16.8 Å². The molecule has 1 amide bonds. The summed E-state index contributed by atoms with van der Waals surface area (Å²) in [7, 11) is 0. The number of fused-ring (bicyclic) bond motifs is 1. The van der Waals surface area contributed by atoms with Crippen LogP contribution in [-0.4, -0.2) is 16.9 Å². The number of aromatic nitrogens is 1. The van der Waals surface area contributed by atoms with Crippen LogP contribution in [0.3, 0.4) is 0 Å². The van der Waals surface area contributed by atoms with Crippen molar-refractivity contribution in [2.24, 2.45) is 23.2 Å². The van der Waals surface area contributed by atoms with Gasteiger partial charge in [-0.05, 0) is 81.3 Å². The van der Waals surface area contributed by atoms with Crippen molar-refractivity contribution in [3.8, 4) is 0 Å². The zero-order valence-electron chi connectivity index (χ0n) is 15.1. The van der Waals surface area contributed by atoms with Gasteiger partial charge in [0, 0.05) is 28.6 Å². The van der Waals surface area contributed by atoms with Gasteiger partial charge in [0.2, 0.25) is 5.91 Å². The Labute approximate surface area is 149 Å². The molecule has 132 valence electrons. The van der Waals surface area contributed by atoms with Crippen LogP contribution < -0.4 is 5.32 Å². The number of carbonyl (C=O) groups is 1. The van der Waals surface area contributed by atoms with Gasteiger partial charge in [0.15, 0.2) is 0 Å². The number of H-pyrrole nitrogens is 1. The van der Waals surface area contributed by atoms with E-state index in [1.807, 2.05) is 0 Å². The zero-order chi connectivity index (χ0) is 17.0. The number of hydrogen-bond acceptors (Lipinski definition) is 1. The fraction of sp³-hybridized carbons (Fsp3) is 0.591. The Morgan fingerprint density at radius 2 is 1.80 bits per heavy atom. The molecule has 0 saturated heterocycles. The van der Waals surface area contributed by atoms with Gasteiger partial charge in [-0.1, -0.05) is 18.2 Å². The summed E-state index contributed by atoms with van der Waals surface area (Å²) in [5.74, 6) is 2.81. The van der Waals surface area contributed by atoms with Crippen LogP contribution in [-0.2, 0) is 11.2 Å². The molecule has 1 atom stereocenters. The highest BCUT2D eigenvalue weighted by Gasteiger charge is 2.54. The van der Waals surface area contributed by atoms with Gasteiger partial charge >= 0.3 is 0 Å². The van der Waals surface area contributed by atoms with E-state index in [2.05, 4.69) is 47.7 Å². The second kappa shape index (κ2) is 5.62. The molecule has 4 bridgehead atoms. The Balaban J connectivity index is 1.29.